The van der Waals surface area contributed by atoms with Gasteiger partial charge in [0.2, 0.25) is 11.1 Å². The van der Waals surface area contributed by atoms with Gasteiger partial charge in [-0.15, -0.1) is 0 Å². The molecule has 2 aromatic heterocycles. The van der Waals surface area contributed by atoms with E-state index in [0.717, 1.165) is 0 Å². The van der Waals surface area contributed by atoms with E-state index in [9.17, 15) is 9.59 Å². The lowest BCUT2D eigenvalue weighted by Crippen LogP contribution is -2.22. The van der Waals surface area contributed by atoms with Crippen molar-refractivity contribution in [2.75, 3.05) is 6.61 Å². The van der Waals surface area contributed by atoms with Gasteiger partial charge in [-0.25, -0.2) is 9.48 Å². The first-order valence-corrected chi connectivity index (χ1v) is 5.40. The van der Waals surface area contributed by atoms with Crippen LogP contribution in [0.1, 0.15) is 17.4 Å². The third kappa shape index (κ3) is 2.42. The minimum absolute atomic E-state index is 0.196. The van der Waals surface area contributed by atoms with Gasteiger partial charge in [-0.2, -0.15) is 5.10 Å². The van der Waals surface area contributed by atoms with Crippen LogP contribution in [0.4, 0.5) is 0 Å². The molecule has 0 saturated carbocycles. The molecule has 2 rings (SSSR count). The van der Waals surface area contributed by atoms with Gasteiger partial charge in [0.15, 0.2) is 0 Å². The van der Waals surface area contributed by atoms with E-state index in [-0.39, 0.29) is 12.3 Å². The Bertz CT molecular complexity index is 607. The highest BCUT2D eigenvalue weighted by atomic mass is 16.5. The molecule has 6 heteroatoms. The molecule has 2 aromatic rings. The van der Waals surface area contributed by atoms with Gasteiger partial charge in [-0.1, -0.05) is 0 Å². The number of aromatic nitrogens is 3. The van der Waals surface area contributed by atoms with Crippen LogP contribution in [0, 0.1) is 0 Å². The fourth-order valence-electron chi connectivity index (χ4n) is 1.38. The number of hydrogen-bond acceptors (Lipinski definition) is 5. The molecule has 92 valence electrons. The molecular weight excluding hydrogens is 234 g/mol. The lowest BCUT2D eigenvalue weighted by Gasteiger charge is -2.06. The van der Waals surface area contributed by atoms with Crippen molar-refractivity contribution in [2.24, 2.45) is 0 Å². The van der Waals surface area contributed by atoms with E-state index in [4.69, 9.17) is 4.74 Å². The van der Waals surface area contributed by atoms with Crippen molar-refractivity contribution >= 4 is 5.97 Å². The van der Waals surface area contributed by atoms with Gasteiger partial charge < -0.3 is 4.74 Å². The Labute approximate surface area is 103 Å². The molecule has 0 radical (unpaired) electrons. The maximum Gasteiger partial charge on any atom is 0.362 e. The highest BCUT2D eigenvalue weighted by Gasteiger charge is 2.14. The molecule has 0 saturated heterocycles. The predicted octanol–water partition coefficient (Wildman–Crippen LogP) is 0.804. The Balaban J connectivity index is 2.44. The van der Waals surface area contributed by atoms with Gasteiger partial charge in [0, 0.05) is 18.5 Å². The fourth-order valence-corrected chi connectivity index (χ4v) is 1.38. The van der Waals surface area contributed by atoms with Crippen molar-refractivity contribution in [3.8, 4) is 5.69 Å². The number of esters is 1. The third-order valence-electron chi connectivity index (χ3n) is 2.19. The van der Waals surface area contributed by atoms with Gasteiger partial charge in [0.05, 0.1) is 18.5 Å². The molecule has 0 aromatic carbocycles. The number of ether oxygens (including phenoxy) is 1. The highest BCUT2D eigenvalue weighted by Crippen LogP contribution is 2.02. The fraction of sp³-hybridized carbons (Fsp3) is 0.167. The van der Waals surface area contributed by atoms with E-state index in [1.54, 1.807) is 31.5 Å². The van der Waals surface area contributed by atoms with E-state index in [1.807, 2.05) is 0 Å². The van der Waals surface area contributed by atoms with E-state index >= 15 is 0 Å². The average Bonchev–Trinajstić information content (AvgIpc) is 2.40. The molecule has 18 heavy (non-hydrogen) atoms. The molecular formula is C12H11N3O3. The Morgan fingerprint density at radius 3 is 2.94 bits per heavy atom. The monoisotopic (exact) mass is 245 g/mol. The number of pyridine rings is 1. The van der Waals surface area contributed by atoms with Crippen LogP contribution in [-0.4, -0.2) is 27.3 Å². The second-order valence-electron chi connectivity index (χ2n) is 3.40. The SMILES string of the molecule is CCOC(=O)c1nn(-c2cccnc2)ccc1=O. The summed E-state index contributed by atoms with van der Waals surface area (Å²) in [5, 5.41) is 3.95. The summed E-state index contributed by atoms with van der Waals surface area (Å²) in [5.74, 6) is -0.722. The summed E-state index contributed by atoms with van der Waals surface area (Å²) >= 11 is 0. The number of carbonyl (C=O) groups is 1. The van der Waals surface area contributed by atoms with Crippen LogP contribution in [0.5, 0.6) is 0 Å². The maximum atomic E-state index is 11.5. The standard InChI is InChI=1S/C12H11N3O3/c1-2-18-12(17)11-10(16)5-7-15(14-11)9-4-3-6-13-8-9/h3-8H,2H2,1H3. The summed E-state index contributed by atoms with van der Waals surface area (Å²) in [6, 6.07) is 4.77. The first kappa shape index (κ1) is 12.0. The summed E-state index contributed by atoms with van der Waals surface area (Å²) in [6.45, 7) is 1.86. The van der Waals surface area contributed by atoms with Crippen molar-refractivity contribution in [2.45, 2.75) is 6.92 Å². The summed E-state index contributed by atoms with van der Waals surface area (Å²) in [6.07, 6.45) is 4.67. The van der Waals surface area contributed by atoms with Crippen molar-refractivity contribution in [1.29, 1.82) is 0 Å². The van der Waals surface area contributed by atoms with Crippen LogP contribution in [-0.2, 0) is 4.74 Å². The van der Waals surface area contributed by atoms with Crippen LogP contribution in [0.15, 0.2) is 41.6 Å². The first-order valence-electron chi connectivity index (χ1n) is 5.40. The second kappa shape index (κ2) is 5.22. The molecule has 2 heterocycles. The van der Waals surface area contributed by atoms with E-state index in [2.05, 4.69) is 10.1 Å². The first-order chi connectivity index (χ1) is 8.72. The summed E-state index contributed by atoms with van der Waals surface area (Å²) in [5.41, 5.74) is -0.0418. The van der Waals surface area contributed by atoms with Crippen molar-refractivity contribution < 1.29 is 9.53 Å². The van der Waals surface area contributed by atoms with Crippen molar-refractivity contribution in [3.63, 3.8) is 0 Å². The highest BCUT2D eigenvalue weighted by molar-refractivity contribution is 5.86. The van der Waals surface area contributed by atoms with Gasteiger partial charge in [0.25, 0.3) is 0 Å². The third-order valence-corrected chi connectivity index (χ3v) is 2.19. The Morgan fingerprint density at radius 1 is 1.44 bits per heavy atom. The minimum atomic E-state index is -0.722. The number of carbonyl (C=O) groups excluding carboxylic acids is 1. The van der Waals surface area contributed by atoms with Gasteiger partial charge in [-0.05, 0) is 19.1 Å². The molecule has 0 spiro atoms. The maximum absolute atomic E-state index is 11.5. The molecule has 0 aliphatic carbocycles. The van der Waals surface area contributed by atoms with Crippen LogP contribution < -0.4 is 5.43 Å². The summed E-state index contributed by atoms with van der Waals surface area (Å²) < 4.78 is 6.17. The number of hydrogen-bond donors (Lipinski definition) is 0. The number of nitrogens with zero attached hydrogens (tertiary/aromatic N) is 3. The van der Waals surface area contributed by atoms with Crippen LogP contribution in [0.3, 0.4) is 0 Å². The van der Waals surface area contributed by atoms with Crippen LogP contribution in [0.2, 0.25) is 0 Å². The van der Waals surface area contributed by atoms with Gasteiger partial charge in [0.1, 0.15) is 0 Å². The Hall–Kier alpha value is -2.50. The lowest BCUT2D eigenvalue weighted by molar-refractivity contribution is 0.0515. The van der Waals surface area contributed by atoms with Crippen molar-refractivity contribution in [1.82, 2.24) is 14.8 Å². The molecule has 0 atom stereocenters. The summed E-state index contributed by atoms with van der Waals surface area (Å²) in [7, 11) is 0. The summed E-state index contributed by atoms with van der Waals surface area (Å²) in [4.78, 5) is 27.0. The zero-order valence-corrected chi connectivity index (χ0v) is 9.74. The van der Waals surface area contributed by atoms with Crippen LogP contribution in [0.25, 0.3) is 5.69 Å². The minimum Gasteiger partial charge on any atom is -0.461 e. The van der Waals surface area contributed by atoms with E-state index in [0.29, 0.717) is 5.69 Å². The number of rotatable bonds is 3. The molecule has 0 aliphatic heterocycles. The van der Waals surface area contributed by atoms with Crippen molar-refractivity contribution in [3.05, 3.63) is 52.7 Å². The Morgan fingerprint density at radius 2 is 2.28 bits per heavy atom. The van der Waals surface area contributed by atoms with Gasteiger partial charge in [-0.3, -0.25) is 9.78 Å². The molecule has 0 aliphatic rings. The molecule has 0 fully saturated rings. The smallest absolute Gasteiger partial charge is 0.362 e. The average molecular weight is 245 g/mol. The van der Waals surface area contributed by atoms with E-state index < -0.39 is 11.4 Å². The normalized spacial score (nSPS) is 10.1. The molecule has 0 N–H and O–H groups in total. The zero-order chi connectivity index (χ0) is 13.0. The van der Waals surface area contributed by atoms with Crippen LogP contribution >= 0.6 is 0 Å². The quantitative estimate of drug-likeness (QED) is 0.748. The molecule has 0 amide bonds. The molecule has 0 unspecified atom stereocenters. The predicted molar refractivity (Wildman–Crippen MR) is 63.6 cm³/mol. The second-order valence-corrected chi connectivity index (χ2v) is 3.40. The lowest BCUT2D eigenvalue weighted by atomic mass is 10.3. The largest absolute Gasteiger partial charge is 0.461 e. The topological polar surface area (TPSA) is 74.1 Å². The Kier molecular flexibility index (Phi) is 3.47. The van der Waals surface area contributed by atoms with E-state index in [1.165, 1.54) is 16.9 Å². The molecule has 0 bridgehead atoms. The molecule has 6 nitrogen and oxygen atoms in total. The van der Waals surface area contributed by atoms with Gasteiger partial charge >= 0.3 is 5.97 Å². The zero-order valence-electron chi connectivity index (χ0n) is 9.74.